The van der Waals surface area contributed by atoms with Gasteiger partial charge >= 0.3 is 0 Å². The number of rotatable bonds is 11. The highest BCUT2D eigenvalue weighted by Gasteiger charge is 2.33. The largest absolute Gasteiger partial charge is 0.371 e. The van der Waals surface area contributed by atoms with Crippen molar-refractivity contribution >= 4 is 62.1 Å². The third-order valence-corrected chi connectivity index (χ3v) is 15.3. The third kappa shape index (κ3) is 9.66. The molecule has 3 amide bonds. The maximum absolute atomic E-state index is 16.3. The Morgan fingerprint density at radius 1 is 0.906 bits per heavy atom. The van der Waals surface area contributed by atoms with Crippen molar-refractivity contribution in [2.45, 2.75) is 76.4 Å². The van der Waals surface area contributed by atoms with Crippen LogP contribution in [0, 0.1) is 11.7 Å². The van der Waals surface area contributed by atoms with Crippen LogP contribution in [0.15, 0.2) is 79.0 Å². The number of piperazine rings is 1. The molecule has 2 aromatic heterocycles. The van der Waals surface area contributed by atoms with E-state index in [0.717, 1.165) is 66.7 Å². The van der Waals surface area contributed by atoms with Gasteiger partial charge in [0.05, 0.1) is 27.2 Å². The molecule has 3 saturated heterocycles. The molecule has 3 fully saturated rings. The third-order valence-electron chi connectivity index (χ3n) is 12.4. The molecular weight excluding hydrogens is 854 g/mol. The fourth-order valence-corrected chi connectivity index (χ4v) is 10.9. The van der Waals surface area contributed by atoms with E-state index in [1.807, 2.05) is 74.2 Å². The molecule has 14 nitrogen and oxygen atoms in total. The molecule has 0 spiro atoms. The molecule has 0 saturated carbocycles. The van der Waals surface area contributed by atoms with Gasteiger partial charge in [0.15, 0.2) is 0 Å². The van der Waals surface area contributed by atoms with Crippen LogP contribution >= 0.6 is 11.3 Å². The minimum Gasteiger partial charge on any atom is -0.371 e. The number of aromatic nitrogens is 3. The Kier molecular flexibility index (Phi) is 12.9. The number of thiazole rings is 1. The van der Waals surface area contributed by atoms with E-state index >= 15 is 4.39 Å². The number of benzene rings is 3. The van der Waals surface area contributed by atoms with Gasteiger partial charge in [0.2, 0.25) is 33.7 Å². The standard InChI is InChI=1S/C47H54FN9O5S2/c1-5-38(64(49,61)62)35-7-6-8-36(40(35)48)41-42(63-45(54-41)47(2,3)4)37-19-22-50-46(52-37)51-31-11-15-33(16-12-31)56-25-27-57(28-26-56)44(60)30-20-23-55(24-21-30)32-13-9-29(10-14-32)34-17-18-39(58)53-43(34)59/h6-16,19,22,30,34,38H,5,17-18,20-21,23-28H2,1-4H3,(H2,49,61,62)(H,50,51,52)(H,53,58,59). The topological polar surface area (TPSA) is 184 Å². The van der Waals surface area contributed by atoms with E-state index in [1.165, 1.54) is 17.4 Å². The van der Waals surface area contributed by atoms with Crippen molar-refractivity contribution < 1.29 is 27.2 Å². The fourth-order valence-electron chi connectivity index (χ4n) is 8.79. The number of primary sulfonamides is 1. The first-order valence-corrected chi connectivity index (χ1v) is 24.2. The second-order valence-electron chi connectivity index (χ2n) is 17.7. The Bertz CT molecular complexity index is 2640. The Hall–Kier alpha value is -5.78. The highest BCUT2D eigenvalue weighted by molar-refractivity contribution is 7.89. The molecule has 3 aromatic carbocycles. The molecule has 64 heavy (non-hydrogen) atoms. The number of piperidine rings is 2. The molecule has 0 bridgehead atoms. The normalized spacial score (nSPS) is 18.2. The average Bonchev–Trinajstić information content (AvgIpc) is 3.74. The summed E-state index contributed by atoms with van der Waals surface area (Å²) in [6, 6.07) is 22.5. The monoisotopic (exact) mass is 907 g/mol. The number of nitrogens with zero attached hydrogens (tertiary/aromatic N) is 6. The number of hydrogen-bond acceptors (Lipinski definition) is 12. The van der Waals surface area contributed by atoms with Crippen LogP contribution in [0.3, 0.4) is 0 Å². The van der Waals surface area contributed by atoms with Crippen molar-refractivity contribution in [3.8, 4) is 21.8 Å². The SMILES string of the molecule is CCC(c1cccc(-c2nc(C(C)(C)C)sc2-c2ccnc(Nc3ccc(N4CCN(C(=O)C5CCN(c6ccc(C7CCC(=O)NC7=O)cc6)CC5)CC4)cc3)n2)c1F)S(N)(=O)=O. The minimum absolute atomic E-state index is 0.00516. The summed E-state index contributed by atoms with van der Waals surface area (Å²) in [5.74, 6) is -0.875. The first kappa shape index (κ1) is 44.8. The van der Waals surface area contributed by atoms with Gasteiger partial charge in [0.25, 0.3) is 0 Å². The van der Waals surface area contributed by atoms with E-state index in [1.54, 1.807) is 31.3 Å². The number of carbonyl (C=O) groups is 3. The van der Waals surface area contributed by atoms with E-state index in [-0.39, 0.29) is 52.5 Å². The number of imide groups is 1. The van der Waals surface area contributed by atoms with Crippen LogP contribution in [-0.2, 0) is 29.8 Å². The summed E-state index contributed by atoms with van der Waals surface area (Å²) < 4.78 is 41.1. The Morgan fingerprint density at radius 3 is 2.19 bits per heavy atom. The zero-order valence-electron chi connectivity index (χ0n) is 36.5. The van der Waals surface area contributed by atoms with E-state index in [4.69, 9.17) is 15.1 Å². The number of halogens is 1. The smallest absolute Gasteiger partial charge is 0.234 e. The van der Waals surface area contributed by atoms with Crippen molar-refractivity contribution in [1.29, 1.82) is 0 Å². The van der Waals surface area contributed by atoms with Gasteiger partial charge in [-0.1, -0.05) is 52.0 Å². The van der Waals surface area contributed by atoms with Gasteiger partial charge in [-0.25, -0.2) is 32.9 Å². The highest BCUT2D eigenvalue weighted by Crippen LogP contribution is 2.43. The van der Waals surface area contributed by atoms with E-state index in [0.29, 0.717) is 48.1 Å². The lowest BCUT2D eigenvalue weighted by atomic mass is 9.90. The van der Waals surface area contributed by atoms with Crippen molar-refractivity contribution in [3.05, 3.63) is 101 Å². The van der Waals surface area contributed by atoms with E-state index in [2.05, 4.69) is 25.4 Å². The first-order valence-electron chi connectivity index (χ1n) is 21.8. The lowest BCUT2D eigenvalue weighted by Gasteiger charge is -2.39. The molecule has 8 rings (SSSR count). The van der Waals surface area contributed by atoms with Gasteiger partial charge < -0.3 is 20.0 Å². The van der Waals surface area contributed by atoms with Gasteiger partial charge in [0, 0.05) is 91.4 Å². The first-order chi connectivity index (χ1) is 30.6. The number of carbonyl (C=O) groups excluding carboxylic acids is 3. The second kappa shape index (κ2) is 18.4. The van der Waals surface area contributed by atoms with Gasteiger partial charge in [-0.2, -0.15) is 0 Å². The molecule has 0 aliphatic carbocycles. The second-order valence-corrected chi connectivity index (χ2v) is 20.5. The van der Waals surface area contributed by atoms with Crippen molar-refractivity contribution in [1.82, 2.24) is 25.2 Å². The molecular formula is C47H54FN9O5S2. The lowest BCUT2D eigenvalue weighted by molar-refractivity contribution is -0.136. The van der Waals surface area contributed by atoms with Crippen molar-refractivity contribution in [2.75, 3.05) is 54.4 Å². The van der Waals surface area contributed by atoms with Gasteiger partial charge in [-0.15, -0.1) is 11.3 Å². The highest BCUT2D eigenvalue weighted by atomic mass is 32.2. The number of amides is 3. The van der Waals surface area contributed by atoms with Crippen LogP contribution in [0.25, 0.3) is 21.8 Å². The van der Waals surface area contributed by atoms with Crippen LogP contribution in [0.1, 0.15) is 87.1 Å². The van der Waals surface area contributed by atoms with Gasteiger partial charge in [0.1, 0.15) is 11.1 Å². The summed E-state index contributed by atoms with van der Waals surface area (Å²) in [6.07, 6.45) is 4.20. The maximum Gasteiger partial charge on any atom is 0.234 e. The molecule has 3 aliphatic heterocycles. The van der Waals surface area contributed by atoms with E-state index in [9.17, 15) is 22.8 Å². The Morgan fingerprint density at radius 2 is 1.56 bits per heavy atom. The summed E-state index contributed by atoms with van der Waals surface area (Å²) in [7, 11) is -4.05. The summed E-state index contributed by atoms with van der Waals surface area (Å²) >= 11 is 1.41. The molecule has 3 aliphatic rings. The van der Waals surface area contributed by atoms with Crippen molar-refractivity contribution in [3.63, 3.8) is 0 Å². The molecule has 2 unspecified atom stereocenters. The van der Waals surface area contributed by atoms with Crippen molar-refractivity contribution in [2.24, 2.45) is 11.1 Å². The average molecular weight is 908 g/mol. The van der Waals surface area contributed by atoms with Crippen LogP contribution in [0.2, 0.25) is 0 Å². The number of sulfonamides is 1. The summed E-state index contributed by atoms with van der Waals surface area (Å²) in [4.78, 5) is 58.9. The zero-order valence-corrected chi connectivity index (χ0v) is 38.1. The summed E-state index contributed by atoms with van der Waals surface area (Å²) in [5.41, 5.74) is 4.54. The number of nitrogens with one attached hydrogen (secondary N) is 2. The summed E-state index contributed by atoms with van der Waals surface area (Å²) in [6.45, 7) is 12.1. The molecule has 336 valence electrons. The minimum atomic E-state index is -4.05. The molecule has 2 atom stereocenters. The lowest BCUT2D eigenvalue weighted by Crippen LogP contribution is -2.51. The summed E-state index contributed by atoms with van der Waals surface area (Å²) in [5, 5.41) is 10.8. The Labute approximate surface area is 377 Å². The predicted molar refractivity (Wildman–Crippen MR) is 248 cm³/mol. The van der Waals surface area contributed by atoms with Gasteiger partial charge in [-0.3, -0.25) is 19.7 Å². The van der Waals surface area contributed by atoms with Crippen LogP contribution in [-0.4, -0.2) is 85.3 Å². The Balaban J connectivity index is 0.873. The molecule has 5 heterocycles. The maximum atomic E-state index is 16.3. The number of anilines is 4. The van der Waals surface area contributed by atoms with E-state index < -0.39 is 21.1 Å². The fraction of sp³-hybridized carbons (Fsp3) is 0.404. The number of nitrogens with two attached hydrogens (primary N) is 1. The zero-order chi connectivity index (χ0) is 45.3. The van der Waals surface area contributed by atoms with Crippen LogP contribution < -0.4 is 25.6 Å². The molecule has 17 heteroatoms. The molecule has 5 aromatic rings. The van der Waals surface area contributed by atoms with Crippen LogP contribution in [0.5, 0.6) is 0 Å². The predicted octanol–water partition coefficient (Wildman–Crippen LogP) is 7.27. The molecule has 0 radical (unpaired) electrons. The molecule has 4 N–H and O–H groups in total. The van der Waals surface area contributed by atoms with Crippen LogP contribution in [0.4, 0.5) is 27.4 Å². The quantitative estimate of drug-likeness (QED) is 0.113. The van der Waals surface area contributed by atoms with Gasteiger partial charge in [-0.05, 0) is 79.8 Å². The number of hydrogen-bond donors (Lipinski definition) is 3.